The van der Waals surface area contributed by atoms with E-state index in [-0.39, 0.29) is 0 Å². The maximum atomic E-state index is 11.3. The first-order chi connectivity index (χ1) is 7.66. The number of halogens is 1. The van der Waals surface area contributed by atoms with Gasteiger partial charge in [0.2, 0.25) is 5.16 Å². The maximum Gasteiger partial charge on any atom is 0.237 e. The average molecular weight is 257 g/mol. The molecule has 2 aromatic heterocycles. The van der Waals surface area contributed by atoms with Crippen molar-refractivity contribution in [2.45, 2.75) is 23.9 Å². The lowest BCUT2D eigenvalue weighted by atomic mass is 10.4. The van der Waals surface area contributed by atoms with Crippen molar-refractivity contribution in [3.8, 4) is 0 Å². The van der Waals surface area contributed by atoms with Gasteiger partial charge in [0.25, 0.3) is 0 Å². The van der Waals surface area contributed by atoms with E-state index in [0.717, 1.165) is 18.7 Å². The molecule has 2 heterocycles. The summed E-state index contributed by atoms with van der Waals surface area (Å²) >= 11 is 5.99. The van der Waals surface area contributed by atoms with Crippen molar-refractivity contribution < 1.29 is 4.21 Å². The Labute approximate surface area is 99.3 Å². The molecule has 5 nitrogen and oxygen atoms in total. The summed E-state index contributed by atoms with van der Waals surface area (Å²) in [6.45, 7) is 0. The van der Waals surface area contributed by atoms with Gasteiger partial charge < -0.3 is 0 Å². The quantitative estimate of drug-likeness (QED) is 0.815. The fourth-order valence-corrected chi connectivity index (χ4v) is 2.21. The fourth-order valence-electron chi connectivity index (χ4n) is 1.59. The first kappa shape index (κ1) is 10.2. The lowest BCUT2D eigenvalue weighted by Crippen LogP contribution is -2.04. The normalized spacial score (nSPS) is 17.9. The molecule has 1 atom stereocenters. The molecule has 2 aromatic rings. The fraction of sp³-hybridized carbons (Fsp3) is 0.444. The van der Waals surface area contributed by atoms with E-state index in [1.54, 1.807) is 17.0 Å². The Bertz CT molecular complexity index is 592. The molecule has 1 aliphatic carbocycles. The van der Waals surface area contributed by atoms with E-state index in [0.29, 0.717) is 21.7 Å². The molecule has 16 heavy (non-hydrogen) atoms. The lowest BCUT2D eigenvalue weighted by Gasteiger charge is -1.99. The van der Waals surface area contributed by atoms with Gasteiger partial charge in [-0.2, -0.15) is 0 Å². The summed E-state index contributed by atoms with van der Waals surface area (Å²) in [5, 5.41) is 4.94. The molecule has 84 valence electrons. The number of fused-ring (bicyclic) bond motifs is 1. The number of hydrogen-bond donors (Lipinski definition) is 0. The van der Waals surface area contributed by atoms with Gasteiger partial charge in [0.05, 0.1) is 17.0 Å². The van der Waals surface area contributed by atoms with Crippen molar-refractivity contribution in [2.75, 3.05) is 6.26 Å². The van der Waals surface area contributed by atoms with Crippen molar-refractivity contribution >= 4 is 27.9 Å². The summed E-state index contributed by atoms with van der Waals surface area (Å²) in [6.07, 6.45) is 5.36. The number of aromatic nitrogens is 4. The van der Waals surface area contributed by atoms with E-state index >= 15 is 0 Å². The third kappa shape index (κ3) is 1.53. The summed E-state index contributed by atoms with van der Waals surface area (Å²) in [7, 11) is -1.19. The molecule has 0 aromatic carbocycles. The van der Waals surface area contributed by atoms with Gasteiger partial charge >= 0.3 is 0 Å². The van der Waals surface area contributed by atoms with E-state index in [1.165, 1.54) is 0 Å². The minimum Gasteiger partial charge on any atom is -0.251 e. The molecule has 3 rings (SSSR count). The highest BCUT2D eigenvalue weighted by atomic mass is 35.5. The third-order valence-electron chi connectivity index (χ3n) is 2.55. The van der Waals surface area contributed by atoms with E-state index in [4.69, 9.17) is 11.6 Å². The maximum absolute atomic E-state index is 11.3. The van der Waals surface area contributed by atoms with Gasteiger partial charge in [-0.25, -0.2) is 14.5 Å². The second-order valence-corrected chi connectivity index (χ2v) is 5.46. The second-order valence-electron chi connectivity index (χ2n) is 3.83. The van der Waals surface area contributed by atoms with Crippen LogP contribution in [0.15, 0.2) is 11.4 Å². The van der Waals surface area contributed by atoms with E-state index < -0.39 is 10.8 Å². The van der Waals surface area contributed by atoms with Gasteiger partial charge in [0.15, 0.2) is 5.15 Å². The van der Waals surface area contributed by atoms with Crippen LogP contribution in [0.2, 0.25) is 5.15 Å². The minimum absolute atomic E-state index is 0.309. The second kappa shape index (κ2) is 3.49. The number of hydrogen-bond acceptors (Lipinski definition) is 4. The highest BCUT2D eigenvalue weighted by molar-refractivity contribution is 7.84. The zero-order chi connectivity index (χ0) is 11.3. The van der Waals surface area contributed by atoms with Crippen LogP contribution in [-0.2, 0) is 10.8 Å². The topological polar surface area (TPSA) is 60.2 Å². The van der Waals surface area contributed by atoms with E-state index in [1.807, 2.05) is 0 Å². The molecule has 1 unspecified atom stereocenters. The van der Waals surface area contributed by atoms with Crippen LogP contribution in [-0.4, -0.2) is 30.0 Å². The summed E-state index contributed by atoms with van der Waals surface area (Å²) < 4.78 is 13.0. The van der Waals surface area contributed by atoms with Crippen molar-refractivity contribution in [1.82, 2.24) is 19.6 Å². The highest BCUT2D eigenvalue weighted by Gasteiger charge is 2.30. The van der Waals surface area contributed by atoms with Crippen LogP contribution in [0.25, 0.3) is 5.52 Å². The number of imidazole rings is 1. The molecule has 7 heteroatoms. The standard InChI is InChI=1S/C9H9ClN4OS/c1-16(15)9-11-4-6-7(10)12-8(5-2-3-5)14(6)13-9/h4-5H,2-3H2,1H3. The monoisotopic (exact) mass is 256 g/mol. The number of nitrogens with zero attached hydrogens (tertiary/aromatic N) is 4. The molecule has 0 radical (unpaired) electrons. The van der Waals surface area contributed by atoms with Crippen LogP contribution in [0.3, 0.4) is 0 Å². The Morgan fingerprint density at radius 2 is 2.31 bits per heavy atom. The third-order valence-corrected chi connectivity index (χ3v) is 3.53. The van der Waals surface area contributed by atoms with Crippen LogP contribution >= 0.6 is 11.6 Å². The predicted molar refractivity (Wildman–Crippen MR) is 60.1 cm³/mol. The summed E-state index contributed by atoms with van der Waals surface area (Å²) in [5.74, 6) is 1.29. The molecule has 0 N–H and O–H groups in total. The SMILES string of the molecule is CS(=O)c1ncc2c(Cl)nc(C3CC3)n2n1. The number of rotatable bonds is 2. The van der Waals surface area contributed by atoms with E-state index in [2.05, 4.69) is 15.1 Å². The summed E-state index contributed by atoms with van der Waals surface area (Å²) in [6, 6.07) is 0. The Morgan fingerprint density at radius 1 is 1.56 bits per heavy atom. The first-order valence-corrected chi connectivity index (χ1v) is 6.85. The molecular formula is C9H9ClN4OS. The first-order valence-electron chi connectivity index (χ1n) is 4.91. The average Bonchev–Trinajstić information content (AvgIpc) is 3.04. The van der Waals surface area contributed by atoms with Gasteiger partial charge in [-0.1, -0.05) is 11.6 Å². The Kier molecular flexibility index (Phi) is 2.22. The summed E-state index contributed by atoms with van der Waals surface area (Å²) in [5.41, 5.74) is 0.678. The van der Waals surface area contributed by atoms with Crippen LogP contribution in [0.4, 0.5) is 0 Å². The molecule has 1 saturated carbocycles. The van der Waals surface area contributed by atoms with Crippen LogP contribution < -0.4 is 0 Å². The van der Waals surface area contributed by atoms with Gasteiger partial charge in [-0.3, -0.25) is 4.21 Å². The van der Waals surface area contributed by atoms with Gasteiger partial charge in [-0.05, 0) is 12.8 Å². The van der Waals surface area contributed by atoms with E-state index in [9.17, 15) is 4.21 Å². The highest BCUT2D eigenvalue weighted by Crippen LogP contribution is 2.40. The lowest BCUT2D eigenvalue weighted by molar-refractivity contribution is 0.667. The Balaban J connectivity index is 2.26. The van der Waals surface area contributed by atoms with Crippen LogP contribution in [0.5, 0.6) is 0 Å². The molecule has 1 fully saturated rings. The smallest absolute Gasteiger partial charge is 0.237 e. The van der Waals surface area contributed by atoms with Crippen molar-refractivity contribution in [1.29, 1.82) is 0 Å². The zero-order valence-corrected chi connectivity index (χ0v) is 10.1. The molecule has 0 saturated heterocycles. The van der Waals surface area contributed by atoms with Crippen molar-refractivity contribution in [3.05, 3.63) is 17.2 Å². The van der Waals surface area contributed by atoms with Crippen molar-refractivity contribution in [2.24, 2.45) is 0 Å². The van der Waals surface area contributed by atoms with Gasteiger partial charge in [0.1, 0.15) is 11.3 Å². The van der Waals surface area contributed by atoms with Crippen LogP contribution in [0, 0.1) is 0 Å². The Hall–Kier alpha value is -1.01. The minimum atomic E-state index is -1.19. The van der Waals surface area contributed by atoms with Gasteiger partial charge in [-0.15, -0.1) is 5.10 Å². The predicted octanol–water partition coefficient (Wildman–Crippen LogP) is 1.39. The largest absolute Gasteiger partial charge is 0.251 e. The molecule has 1 aliphatic rings. The Morgan fingerprint density at radius 3 is 2.94 bits per heavy atom. The molecule has 0 aliphatic heterocycles. The molecular weight excluding hydrogens is 248 g/mol. The summed E-state index contributed by atoms with van der Waals surface area (Å²) in [4.78, 5) is 8.28. The van der Waals surface area contributed by atoms with Crippen molar-refractivity contribution in [3.63, 3.8) is 0 Å². The molecule has 0 spiro atoms. The zero-order valence-electron chi connectivity index (χ0n) is 8.55. The van der Waals surface area contributed by atoms with Crippen LogP contribution in [0.1, 0.15) is 24.6 Å². The van der Waals surface area contributed by atoms with Gasteiger partial charge in [0, 0.05) is 12.2 Å². The molecule has 0 amide bonds. The molecule has 0 bridgehead atoms.